The number of aliphatic hydroxyl groups is 1. The molecule has 6 heteroatoms. The summed E-state index contributed by atoms with van der Waals surface area (Å²) in [6.45, 7) is 3.35. The number of aliphatic hydroxyl groups excluding tert-OH is 1. The molecule has 1 aromatic carbocycles. The van der Waals surface area contributed by atoms with Gasteiger partial charge in [-0.25, -0.2) is 4.79 Å². The lowest BCUT2D eigenvalue weighted by Gasteiger charge is -2.11. The van der Waals surface area contributed by atoms with E-state index >= 15 is 0 Å². The van der Waals surface area contributed by atoms with Crippen LogP contribution in [-0.4, -0.2) is 37.0 Å². The van der Waals surface area contributed by atoms with Crippen molar-refractivity contribution in [2.24, 2.45) is 4.99 Å². The number of carbonyl (C=O) groups is 1. The molecule has 0 aliphatic heterocycles. The van der Waals surface area contributed by atoms with Gasteiger partial charge in [-0.1, -0.05) is 11.6 Å². The third-order valence-electron chi connectivity index (χ3n) is 2.65. The van der Waals surface area contributed by atoms with E-state index in [1.807, 2.05) is 0 Å². The summed E-state index contributed by atoms with van der Waals surface area (Å²) in [5.41, 5.74) is 0.402. The highest BCUT2D eigenvalue weighted by Gasteiger charge is 2.19. The first-order valence-corrected chi connectivity index (χ1v) is 6.78. The number of benzene rings is 1. The highest BCUT2D eigenvalue weighted by molar-refractivity contribution is 6.30. The molecular weight excluding hydrogens is 294 g/mol. The van der Waals surface area contributed by atoms with Crippen LogP contribution in [0.3, 0.4) is 0 Å². The molecule has 114 valence electrons. The smallest absolute Gasteiger partial charge is 0.343 e. The van der Waals surface area contributed by atoms with Crippen molar-refractivity contribution in [1.82, 2.24) is 0 Å². The van der Waals surface area contributed by atoms with Gasteiger partial charge in [0.25, 0.3) is 0 Å². The van der Waals surface area contributed by atoms with Crippen molar-refractivity contribution in [3.05, 3.63) is 40.6 Å². The van der Waals surface area contributed by atoms with Gasteiger partial charge < -0.3 is 14.6 Å². The number of hydrogen-bond donors (Lipinski definition) is 1. The first-order valence-electron chi connectivity index (χ1n) is 6.41. The van der Waals surface area contributed by atoms with Gasteiger partial charge in [0.05, 0.1) is 6.61 Å². The molecule has 1 N–H and O–H groups in total. The summed E-state index contributed by atoms with van der Waals surface area (Å²) in [6, 6.07) is 6.67. The average molecular weight is 312 g/mol. The molecular formula is C15H18ClNO4. The minimum absolute atomic E-state index is 0.0216. The molecule has 0 atom stereocenters. The Morgan fingerprint density at radius 2 is 1.95 bits per heavy atom. The molecule has 0 unspecified atom stereocenters. The Labute approximate surface area is 128 Å². The maximum Gasteiger partial charge on any atom is 0.343 e. The number of halogens is 1. The zero-order valence-corrected chi connectivity index (χ0v) is 13.0. The standard InChI is InChI=1S/C15H18ClNO4/c1-4-20-15(19)14(10(2)17-3)13(18)9-21-12-7-5-11(16)6-8-12/h5-8,18H,4,9H2,1-3H3/b14-13-,17-10?. The number of hydrogen-bond acceptors (Lipinski definition) is 5. The van der Waals surface area contributed by atoms with Crippen molar-refractivity contribution >= 4 is 23.3 Å². The van der Waals surface area contributed by atoms with E-state index in [1.54, 1.807) is 38.1 Å². The molecule has 0 spiro atoms. The van der Waals surface area contributed by atoms with Crippen LogP contribution >= 0.6 is 11.6 Å². The number of rotatable bonds is 6. The van der Waals surface area contributed by atoms with E-state index in [0.29, 0.717) is 16.5 Å². The summed E-state index contributed by atoms with van der Waals surface area (Å²) < 4.78 is 10.3. The molecule has 0 aromatic heterocycles. The number of esters is 1. The van der Waals surface area contributed by atoms with E-state index < -0.39 is 5.97 Å². The minimum Gasteiger partial charge on any atom is -0.508 e. The fourth-order valence-corrected chi connectivity index (χ4v) is 1.67. The van der Waals surface area contributed by atoms with Crippen LogP contribution in [0.2, 0.25) is 5.02 Å². The summed E-state index contributed by atoms with van der Waals surface area (Å²) in [5, 5.41) is 10.7. The van der Waals surface area contributed by atoms with E-state index in [1.165, 1.54) is 7.05 Å². The van der Waals surface area contributed by atoms with Crippen LogP contribution in [-0.2, 0) is 9.53 Å². The molecule has 0 radical (unpaired) electrons. The van der Waals surface area contributed by atoms with Crippen LogP contribution in [0.4, 0.5) is 0 Å². The Morgan fingerprint density at radius 3 is 2.48 bits per heavy atom. The van der Waals surface area contributed by atoms with E-state index in [9.17, 15) is 9.90 Å². The third kappa shape index (κ3) is 5.11. The second-order valence-electron chi connectivity index (χ2n) is 4.09. The van der Waals surface area contributed by atoms with E-state index in [4.69, 9.17) is 21.1 Å². The second-order valence-corrected chi connectivity index (χ2v) is 4.53. The molecule has 1 aromatic rings. The number of ether oxygens (including phenoxy) is 2. The monoisotopic (exact) mass is 311 g/mol. The molecule has 0 saturated heterocycles. The van der Waals surface area contributed by atoms with Gasteiger partial charge in [0.1, 0.15) is 23.7 Å². The van der Waals surface area contributed by atoms with Crippen molar-refractivity contribution < 1.29 is 19.4 Å². The molecule has 0 bridgehead atoms. The third-order valence-corrected chi connectivity index (χ3v) is 2.91. The molecule has 5 nitrogen and oxygen atoms in total. The van der Waals surface area contributed by atoms with E-state index in [0.717, 1.165) is 0 Å². The molecule has 0 amide bonds. The Balaban J connectivity index is 2.89. The lowest BCUT2D eigenvalue weighted by molar-refractivity contribution is -0.138. The summed E-state index contributed by atoms with van der Waals surface area (Å²) in [7, 11) is 1.53. The second kappa shape index (κ2) is 8.32. The van der Waals surface area contributed by atoms with Crippen molar-refractivity contribution in [2.75, 3.05) is 20.3 Å². The van der Waals surface area contributed by atoms with Crippen LogP contribution in [0.1, 0.15) is 13.8 Å². The zero-order valence-electron chi connectivity index (χ0n) is 12.2. The van der Waals surface area contributed by atoms with Gasteiger partial charge in [0.2, 0.25) is 0 Å². The lowest BCUT2D eigenvalue weighted by atomic mass is 10.1. The lowest BCUT2D eigenvalue weighted by Crippen LogP contribution is -2.19. The molecule has 0 aliphatic carbocycles. The fraction of sp³-hybridized carbons (Fsp3) is 0.333. The first kappa shape index (κ1) is 17.0. The fourth-order valence-electron chi connectivity index (χ4n) is 1.54. The number of nitrogens with zero attached hydrogens (tertiary/aromatic N) is 1. The molecule has 0 fully saturated rings. The van der Waals surface area contributed by atoms with Crippen molar-refractivity contribution in [2.45, 2.75) is 13.8 Å². The van der Waals surface area contributed by atoms with Gasteiger partial charge in [-0.3, -0.25) is 4.99 Å². The van der Waals surface area contributed by atoms with Crippen LogP contribution in [0.5, 0.6) is 5.75 Å². The molecule has 0 aliphatic rings. The van der Waals surface area contributed by atoms with Gasteiger partial charge in [0, 0.05) is 17.8 Å². The van der Waals surface area contributed by atoms with Gasteiger partial charge in [0.15, 0.2) is 0 Å². The van der Waals surface area contributed by atoms with Gasteiger partial charge in [-0.2, -0.15) is 0 Å². The summed E-state index contributed by atoms with van der Waals surface area (Å²) in [5.74, 6) is -0.329. The van der Waals surface area contributed by atoms with Crippen LogP contribution in [0.25, 0.3) is 0 Å². The number of carbonyl (C=O) groups excluding carboxylic acids is 1. The van der Waals surface area contributed by atoms with Crippen molar-refractivity contribution in [3.8, 4) is 5.75 Å². The van der Waals surface area contributed by atoms with Crippen LogP contribution < -0.4 is 4.74 Å². The van der Waals surface area contributed by atoms with Gasteiger partial charge >= 0.3 is 5.97 Å². The zero-order chi connectivity index (χ0) is 15.8. The molecule has 1 rings (SSSR count). The average Bonchev–Trinajstić information content (AvgIpc) is 2.47. The maximum absolute atomic E-state index is 11.8. The van der Waals surface area contributed by atoms with Gasteiger partial charge in [-0.05, 0) is 38.1 Å². The highest BCUT2D eigenvalue weighted by Crippen LogP contribution is 2.17. The van der Waals surface area contributed by atoms with Gasteiger partial charge in [-0.15, -0.1) is 0 Å². The highest BCUT2D eigenvalue weighted by atomic mass is 35.5. The Kier molecular flexibility index (Phi) is 6.75. The van der Waals surface area contributed by atoms with Crippen LogP contribution in [0.15, 0.2) is 40.6 Å². The van der Waals surface area contributed by atoms with Crippen LogP contribution in [0, 0.1) is 0 Å². The Morgan fingerprint density at radius 1 is 1.33 bits per heavy atom. The predicted molar refractivity (Wildman–Crippen MR) is 82.3 cm³/mol. The Hall–Kier alpha value is -2.01. The molecule has 0 saturated carbocycles. The summed E-state index contributed by atoms with van der Waals surface area (Å²) in [4.78, 5) is 15.8. The summed E-state index contributed by atoms with van der Waals surface area (Å²) >= 11 is 5.77. The maximum atomic E-state index is 11.8. The largest absolute Gasteiger partial charge is 0.508 e. The normalized spacial score (nSPS) is 12.7. The molecule has 21 heavy (non-hydrogen) atoms. The Bertz CT molecular complexity index is 549. The summed E-state index contributed by atoms with van der Waals surface area (Å²) in [6.07, 6.45) is 0. The van der Waals surface area contributed by atoms with E-state index in [2.05, 4.69) is 4.99 Å². The predicted octanol–water partition coefficient (Wildman–Crippen LogP) is 3.18. The first-order chi connectivity index (χ1) is 9.99. The number of aliphatic imine (C=N–C) groups is 1. The quantitative estimate of drug-likeness (QED) is 0.379. The van der Waals surface area contributed by atoms with Crippen molar-refractivity contribution in [1.29, 1.82) is 0 Å². The minimum atomic E-state index is -0.627. The van der Waals surface area contributed by atoms with Crippen molar-refractivity contribution in [3.63, 3.8) is 0 Å². The topological polar surface area (TPSA) is 68.1 Å². The SMILES string of the molecule is CCOC(=O)/C(C(C)=NC)=C(\O)COc1ccc(Cl)cc1. The van der Waals surface area contributed by atoms with E-state index in [-0.39, 0.29) is 24.5 Å². The molecule has 0 heterocycles.